The number of nitrogens with zero attached hydrogens (tertiary/aromatic N) is 2. The van der Waals surface area contributed by atoms with E-state index >= 15 is 4.89 Å². The van der Waals surface area contributed by atoms with E-state index in [2.05, 4.69) is 63.4 Å². The molecule has 4 nitrogen and oxygen atoms in total. The van der Waals surface area contributed by atoms with Gasteiger partial charge in [-0.05, 0) is 49.9 Å². The molecule has 1 aliphatic heterocycles. The SMILES string of the molecule is C[C@@H](c1ccccc1)N1[C@@H]2CCCC[C@H]2N([C@@H](C)c2ccccc2)[P+]1([O-])[C@@H](O)c1ccc(Br)cc1. The monoisotopic (exact) mass is 552 g/mol. The average Bonchev–Trinajstić information content (AvgIpc) is 3.18. The molecular formula is C29H34BrN2O2P. The lowest BCUT2D eigenvalue weighted by molar-refractivity contribution is -0.203. The molecule has 3 aromatic carbocycles. The third-order valence-electron chi connectivity index (χ3n) is 7.88. The van der Waals surface area contributed by atoms with Crippen molar-refractivity contribution in [2.75, 3.05) is 0 Å². The molecule has 1 saturated heterocycles. The first-order chi connectivity index (χ1) is 16.9. The van der Waals surface area contributed by atoms with Crippen molar-refractivity contribution in [3.63, 3.8) is 0 Å². The van der Waals surface area contributed by atoms with Crippen molar-refractivity contribution in [1.29, 1.82) is 0 Å². The highest BCUT2D eigenvalue weighted by Gasteiger charge is 2.65. The number of hydrogen-bond acceptors (Lipinski definition) is 4. The van der Waals surface area contributed by atoms with Gasteiger partial charge in [-0.25, -0.2) is 0 Å². The molecule has 0 bridgehead atoms. The largest absolute Gasteiger partial charge is 0.648 e. The first-order valence-corrected chi connectivity index (χ1v) is 15.1. The van der Waals surface area contributed by atoms with E-state index in [1.165, 1.54) is 0 Å². The van der Waals surface area contributed by atoms with Crippen LogP contribution in [0.1, 0.15) is 74.1 Å². The molecule has 2 fully saturated rings. The second-order valence-corrected chi connectivity index (χ2v) is 13.4. The van der Waals surface area contributed by atoms with E-state index in [-0.39, 0.29) is 24.2 Å². The van der Waals surface area contributed by atoms with Crippen molar-refractivity contribution in [3.8, 4) is 0 Å². The lowest BCUT2D eigenvalue weighted by Crippen LogP contribution is -2.41. The molecule has 6 heteroatoms. The molecule has 184 valence electrons. The third-order valence-corrected chi connectivity index (χ3v) is 12.0. The molecule has 1 N–H and O–H groups in total. The zero-order valence-corrected chi connectivity index (χ0v) is 22.9. The van der Waals surface area contributed by atoms with Crippen molar-refractivity contribution in [2.45, 2.75) is 69.5 Å². The zero-order valence-electron chi connectivity index (χ0n) is 20.4. The van der Waals surface area contributed by atoms with Crippen LogP contribution in [0.4, 0.5) is 0 Å². The highest BCUT2D eigenvalue weighted by molar-refractivity contribution is 9.10. The van der Waals surface area contributed by atoms with Crippen LogP contribution in [0.2, 0.25) is 0 Å². The van der Waals surface area contributed by atoms with Gasteiger partial charge >= 0.3 is 0 Å². The fourth-order valence-electron chi connectivity index (χ4n) is 6.17. The van der Waals surface area contributed by atoms with Crippen LogP contribution in [0.15, 0.2) is 89.4 Å². The Labute approximate surface area is 218 Å². The highest BCUT2D eigenvalue weighted by atomic mass is 79.9. The van der Waals surface area contributed by atoms with E-state index in [0.29, 0.717) is 5.56 Å². The minimum Gasteiger partial charge on any atom is -0.648 e. The summed E-state index contributed by atoms with van der Waals surface area (Å²) in [6.45, 7) is 4.30. The van der Waals surface area contributed by atoms with E-state index in [1.54, 1.807) is 0 Å². The van der Waals surface area contributed by atoms with Crippen LogP contribution < -0.4 is 4.89 Å². The van der Waals surface area contributed by atoms with Gasteiger partial charge in [0.15, 0.2) is 0 Å². The quantitative estimate of drug-likeness (QED) is 0.334. The van der Waals surface area contributed by atoms with Crippen molar-refractivity contribution < 1.29 is 10.00 Å². The summed E-state index contributed by atoms with van der Waals surface area (Å²) in [6.07, 6.45) is 4.25. The van der Waals surface area contributed by atoms with Gasteiger partial charge in [0.2, 0.25) is 5.85 Å². The summed E-state index contributed by atoms with van der Waals surface area (Å²) in [6, 6.07) is 28.4. The maximum atomic E-state index is 15.6. The van der Waals surface area contributed by atoms with Crippen LogP contribution in [0.25, 0.3) is 0 Å². The summed E-state index contributed by atoms with van der Waals surface area (Å²) in [5.74, 6) is -1.10. The molecule has 35 heavy (non-hydrogen) atoms. The average molecular weight is 553 g/mol. The van der Waals surface area contributed by atoms with E-state index in [1.807, 2.05) is 60.7 Å². The van der Waals surface area contributed by atoms with Crippen LogP contribution in [0.5, 0.6) is 0 Å². The topological polar surface area (TPSA) is 49.8 Å². The molecule has 3 aromatic rings. The van der Waals surface area contributed by atoms with Gasteiger partial charge in [-0.1, -0.05) is 102 Å². The van der Waals surface area contributed by atoms with Gasteiger partial charge in [0.1, 0.15) is 7.79 Å². The Morgan fingerprint density at radius 1 is 0.743 bits per heavy atom. The van der Waals surface area contributed by atoms with Crippen molar-refractivity contribution in [2.24, 2.45) is 0 Å². The third kappa shape index (κ3) is 4.52. The first-order valence-electron chi connectivity index (χ1n) is 12.6. The van der Waals surface area contributed by atoms with Crippen LogP contribution in [0.3, 0.4) is 0 Å². The normalized spacial score (nSPS) is 25.1. The molecule has 1 heterocycles. The van der Waals surface area contributed by atoms with E-state index in [4.69, 9.17) is 0 Å². The minimum absolute atomic E-state index is 0.0781. The van der Waals surface area contributed by atoms with Crippen LogP contribution in [0, 0.1) is 0 Å². The van der Waals surface area contributed by atoms with E-state index in [0.717, 1.165) is 41.3 Å². The van der Waals surface area contributed by atoms with Gasteiger partial charge in [-0.2, -0.15) is 9.34 Å². The molecular weight excluding hydrogens is 519 g/mol. The molecule has 0 amide bonds. The maximum Gasteiger partial charge on any atom is 0.217 e. The Morgan fingerprint density at radius 3 is 1.60 bits per heavy atom. The Kier molecular flexibility index (Phi) is 7.46. The van der Waals surface area contributed by atoms with Gasteiger partial charge in [-0.3, -0.25) is 0 Å². The summed E-state index contributed by atoms with van der Waals surface area (Å²) < 4.78 is 5.38. The molecule has 2 aliphatic rings. The summed E-state index contributed by atoms with van der Waals surface area (Å²) >= 11 is 3.50. The highest BCUT2D eigenvalue weighted by Crippen LogP contribution is 2.77. The van der Waals surface area contributed by atoms with Crippen molar-refractivity contribution >= 4 is 23.7 Å². The van der Waals surface area contributed by atoms with Crippen molar-refractivity contribution in [1.82, 2.24) is 9.34 Å². The molecule has 5 atom stereocenters. The number of aliphatic hydroxyl groups excluding tert-OH is 1. The van der Waals surface area contributed by atoms with Gasteiger partial charge in [0, 0.05) is 10.0 Å². The molecule has 1 saturated carbocycles. The Hall–Kier alpha value is -1.59. The maximum absolute atomic E-state index is 15.6. The van der Waals surface area contributed by atoms with Gasteiger partial charge in [0.25, 0.3) is 0 Å². The summed E-state index contributed by atoms with van der Waals surface area (Å²) in [5, 5.41) is 12.0. The summed E-state index contributed by atoms with van der Waals surface area (Å²) in [7, 11) is -3.46. The zero-order chi connectivity index (χ0) is 24.6. The van der Waals surface area contributed by atoms with Gasteiger partial charge in [0.05, 0.1) is 24.2 Å². The minimum atomic E-state index is -3.46. The van der Waals surface area contributed by atoms with Gasteiger partial charge in [-0.15, -0.1) is 0 Å². The Morgan fingerprint density at radius 2 is 1.17 bits per heavy atom. The van der Waals surface area contributed by atoms with E-state index < -0.39 is 13.6 Å². The number of benzene rings is 3. The second-order valence-electron chi connectivity index (χ2n) is 9.87. The fraction of sp³-hybridized carbons (Fsp3) is 0.379. The molecule has 0 spiro atoms. The van der Waals surface area contributed by atoms with E-state index in [9.17, 15) is 5.11 Å². The number of halogens is 1. The molecule has 5 rings (SSSR count). The predicted molar refractivity (Wildman–Crippen MR) is 145 cm³/mol. The molecule has 1 aliphatic carbocycles. The number of fused-ring (bicyclic) bond motifs is 1. The van der Waals surface area contributed by atoms with Crippen LogP contribution in [-0.4, -0.2) is 26.5 Å². The Bertz CT molecular complexity index is 1050. The fourth-order valence-corrected chi connectivity index (χ4v) is 10.4. The standard InChI is InChI=1S/C29H34BrN2O2P/c1-21(23-11-5-3-6-12-23)31-27-15-9-10-16-28(27)32(22(2)24-13-7-4-8-14-24)35(31,34)29(33)25-17-19-26(30)20-18-25/h3-8,11-14,17-22,27-29,33H,9-10,15-16H2,1-2H3/t21-,22-,27+,28+,29+/m0/s1. The Balaban J connectivity index is 1.67. The molecule has 0 unspecified atom stereocenters. The number of rotatable bonds is 6. The lowest BCUT2D eigenvalue weighted by Gasteiger charge is -2.47. The summed E-state index contributed by atoms with van der Waals surface area (Å²) in [4.78, 5) is 15.6. The van der Waals surface area contributed by atoms with Gasteiger partial charge < -0.3 is 10.00 Å². The molecule has 0 radical (unpaired) electrons. The first kappa shape index (κ1) is 25.1. The smallest absolute Gasteiger partial charge is 0.217 e. The van der Waals surface area contributed by atoms with Crippen molar-refractivity contribution in [3.05, 3.63) is 106 Å². The summed E-state index contributed by atoms with van der Waals surface area (Å²) in [5.41, 5.74) is 2.97. The number of hydrogen-bond donors (Lipinski definition) is 1. The van der Waals surface area contributed by atoms with Crippen LogP contribution in [-0.2, 0) is 0 Å². The second kappa shape index (κ2) is 10.4. The van der Waals surface area contributed by atoms with Crippen LogP contribution >= 0.6 is 23.7 Å². The number of aliphatic hydroxyl groups is 1. The lowest BCUT2D eigenvalue weighted by atomic mass is 9.88. The molecule has 0 aromatic heterocycles. The predicted octanol–water partition coefficient (Wildman–Crippen LogP) is 7.01.